The fraction of sp³-hybridized carbons (Fsp3) is 0.200. The lowest BCUT2D eigenvalue weighted by molar-refractivity contribution is 0.100. The number of fused-ring (bicyclic) bond motifs is 1. The first-order valence-electron chi connectivity index (χ1n) is 7.01. The molecule has 0 saturated carbocycles. The van der Waals surface area contributed by atoms with E-state index < -0.39 is 23.6 Å². The number of nitrogens with one attached hydrogen (secondary N) is 2. The van der Waals surface area contributed by atoms with Gasteiger partial charge in [0.15, 0.2) is 0 Å². The van der Waals surface area contributed by atoms with Gasteiger partial charge in [-0.05, 0) is 29.9 Å². The van der Waals surface area contributed by atoms with Crippen LogP contribution >= 0.6 is 23.1 Å². The molecule has 0 unspecified atom stereocenters. The maximum absolute atomic E-state index is 13.6. The highest BCUT2D eigenvalue weighted by Crippen LogP contribution is 2.39. The third kappa shape index (κ3) is 3.36. The van der Waals surface area contributed by atoms with Crippen LogP contribution in [-0.4, -0.2) is 17.7 Å². The lowest BCUT2D eigenvalue weighted by atomic mass is 10.1. The predicted molar refractivity (Wildman–Crippen MR) is 91.7 cm³/mol. The molecule has 1 aliphatic heterocycles. The lowest BCUT2D eigenvalue weighted by Crippen LogP contribution is -2.22. The van der Waals surface area contributed by atoms with Gasteiger partial charge >= 0.3 is 6.03 Å². The van der Waals surface area contributed by atoms with Gasteiger partial charge in [0.2, 0.25) is 0 Å². The van der Waals surface area contributed by atoms with Crippen molar-refractivity contribution in [1.29, 1.82) is 0 Å². The molecule has 1 aliphatic rings. The van der Waals surface area contributed by atoms with Crippen LogP contribution in [0, 0.1) is 11.6 Å². The highest BCUT2D eigenvalue weighted by atomic mass is 32.2. The number of thioether (sulfide) groups is 1. The van der Waals surface area contributed by atoms with Gasteiger partial charge in [0.1, 0.15) is 16.6 Å². The number of rotatable bonds is 3. The first kappa shape index (κ1) is 16.7. The minimum absolute atomic E-state index is 0.161. The average Bonchev–Trinajstić information content (AvgIpc) is 2.87. The van der Waals surface area contributed by atoms with Gasteiger partial charge in [-0.2, -0.15) is 11.8 Å². The van der Waals surface area contributed by atoms with E-state index in [0.29, 0.717) is 23.1 Å². The molecule has 2 heterocycles. The van der Waals surface area contributed by atoms with E-state index in [9.17, 15) is 18.4 Å². The molecule has 5 nitrogen and oxygen atoms in total. The second-order valence-corrected chi connectivity index (χ2v) is 7.29. The van der Waals surface area contributed by atoms with Crippen molar-refractivity contribution in [1.82, 2.24) is 0 Å². The number of thiophene rings is 1. The van der Waals surface area contributed by atoms with Gasteiger partial charge in [-0.1, -0.05) is 0 Å². The zero-order valence-electron chi connectivity index (χ0n) is 12.3. The van der Waals surface area contributed by atoms with E-state index in [4.69, 9.17) is 5.73 Å². The maximum atomic E-state index is 13.6. The quantitative estimate of drug-likeness (QED) is 0.773. The van der Waals surface area contributed by atoms with Crippen molar-refractivity contribution in [2.45, 2.75) is 12.2 Å². The standard InChI is InChI=1S/C15H13F2N3O2S2/c16-7-1-2-10(9(17)5-7)19-15(22)20-14-12(13(18)21)8-3-4-23-6-11(8)24-14/h1-2,5H,3-4,6H2,(H2,18,21)(H2,19,20,22). The molecule has 24 heavy (non-hydrogen) atoms. The largest absolute Gasteiger partial charge is 0.365 e. The number of carbonyl (C=O) groups excluding carboxylic acids is 2. The lowest BCUT2D eigenvalue weighted by Gasteiger charge is -2.11. The number of benzene rings is 1. The summed E-state index contributed by atoms with van der Waals surface area (Å²) in [6, 6.07) is 2.10. The summed E-state index contributed by atoms with van der Waals surface area (Å²) in [6.45, 7) is 0. The molecule has 2 aromatic rings. The molecule has 3 amide bonds. The number of urea groups is 1. The third-order valence-corrected chi connectivity index (χ3v) is 5.79. The number of amides is 3. The normalized spacial score (nSPS) is 13.2. The molecule has 0 fully saturated rings. The van der Waals surface area contributed by atoms with Crippen molar-refractivity contribution in [3.05, 3.63) is 45.8 Å². The van der Waals surface area contributed by atoms with Crippen LogP contribution in [0.15, 0.2) is 18.2 Å². The molecule has 0 aliphatic carbocycles. The van der Waals surface area contributed by atoms with Crippen molar-refractivity contribution >= 4 is 45.7 Å². The zero-order chi connectivity index (χ0) is 17.3. The van der Waals surface area contributed by atoms with Crippen molar-refractivity contribution < 1.29 is 18.4 Å². The molecule has 9 heteroatoms. The number of hydrogen-bond acceptors (Lipinski definition) is 4. The summed E-state index contributed by atoms with van der Waals surface area (Å²) in [4.78, 5) is 24.8. The summed E-state index contributed by atoms with van der Waals surface area (Å²) in [5.74, 6) is -0.588. The smallest absolute Gasteiger partial charge is 0.324 e. The summed E-state index contributed by atoms with van der Waals surface area (Å²) >= 11 is 3.03. The van der Waals surface area contributed by atoms with Crippen molar-refractivity contribution in [3.8, 4) is 0 Å². The predicted octanol–water partition coefficient (Wildman–Crippen LogP) is 3.56. The van der Waals surface area contributed by atoms with Gasteiger partial charge in [0.05, 0.1) is 11.3 Å². The minimum atomic E-state index is -0.887. The fourth-order valence-electron chi connectivity index (χ4n) is 2.43. The molecular formula is C15H13F2N3O2S2. The summed E-state index contributed by atoms with van der Waals surface area (Å²) in [5.41, 5.74) is 6.46. The first-order valence-corrected chi connectivity index (χ1v) is 8.98. The Bertz CT molecular complexity index is 823. The van der Waals surface area contributed by atoms with Gasteiger partial charge in [0.25, 0.3) is 5.91 Å². The topological polar surface area (TPSA) is 84.2 Å². The molecule has 4 N–H and O–H groups in total. The van der Waals surface area contributed by atoms with Gasteiger partial charge < -0.3 is 11.1 Å². The number of carbonyl (C=O) groups is 2. The third-order valence-electron chi connectivity index (χ3n) is 3.47. The highest BCUT2D eigenvalue weighted by Gasteiger charge is 2.25. The van der Waals surface area contributed by atoms with Crippen LogP contribution in [0.4, 0.5) is 24.3 Å². The zero-order valence-corrected chi connectivity index (χ0v) is 14.0. The molecule has 126 valence electrons. The number of halogens is 2. The molecule has 1 aromatic carbocycles. The molecule has 0 radical (unpaired) electrons. The van der Waals surface area contributed by atoms with Gasteiger partial charge in [-0.3, -0.25) is 10.1 Å². The van der Waals surface area contributed by atoms with Crippen LogP contribution < -0.4 is 16.4 Å². The highest BCUT2D eigenvalue weighted by molar-refractivity contribution is 7.98. The van der Waals surface area contributed by atoms with E-state index in [0.717, 1.165) is 34.1 Å². The summed E-state index contributed by atoms with van der Waals surface area (Å²) in [7, 11) is 0. The van der Waals surface area contributed by atoms with Crippen LogP contribution in [0.1, 0.15) is 20.8 Å². The van der Waals surface area contributed by atoms with E-state index in [1.807, 2.05) is 0 Å². The summed E-state index contributed by atoms with van der Waals surface area (Å²) in [6.07, 6.45) is 0.713. The van der Waals surface area contributed by atoms with Gasteiger partial charge in [0, 0.05) is 16.7 Å². The molecule has 3 rings (SSSR count). The Morgan fingerprint density at radius 1 is 1.21 bits per heavy atom. The monoisotopic (exact) mass is 369 g/mol. The van der Waals surface area contributed by atoms with Crippen LogP contribution in [-0.2, 0) is 12.2 Å². The Kier molecular flexibility index (Phi) is 4.72. The Balaban J connectivity index is 1.81. The first-order chi connectivity index (χ1) is 11.5. The Labute approximate surface area is 144 Å². The van der Waals surface area contributed by atoms with Crippen molar-refractivity contribution in [2.75, 3.05) is 16.4 Å². The molecule has 1 aromatic heterocycles. The van der Waals surface area contributed by atoms with E-state index in [2.05, 4.69) is 10.6 Å². The summed E-state index contributed by atoms with van der Waals surface area (Å²) < 4.78 is 26.5. The second kappa shape index (κ2) is 6.78. The van der Waals surface area contributed by atoms with Crippen LogP contribution in [0.2, 0.25) is 0 Å². The molecule has 0 saturated heterocycles. The SMILES string of the molecule is NC(=O)c1c(NC(=O)Nc2ccc(F)cc2F)sc2c1CCSC2. The average molecular weight is 369 g/mol. The molecule has 0 bridgehead atoms. The van der Waals surface area contributed by atoms with Crippen molar-refractivity contribution in [2.24, 2.45) is 5.73 Å². The van der Waals surface area contributed by atoms with Crippen LogP contribution in [0.3, 0.4) is 0 Å². The van der Waals surface area contributed by atoms with E-state index >= 15 is 0 Å². The molecule has 0 atom stereocenters. The van der Waals surface area contributed by atoms with Crippen molar-refractivity contribution in [3.63, 3.8) is 0 Å². The Morgan fingerprint density at radius 3 is 2.71 bits per heavy atom. The second-order valence-electron chi connectivity index (χ2n) is 5.08. The van der Waals surface area contributed by atoms with E-state index in [-0.39, 0.29) is 5.69 Å². The number of primary amides is 1. The minimum Gasteiger partial charge on any atom is -0.365 e. The Morgan fingerprint density at radius 2 is 2.00 bits per heavy atom. The van der Waals surface area contributed by atoms with Gasteiger partial charge in [-0.15, -0.1) is 11.3 Å². The van der Waals surface area contributed by atoms with E-state index in [1.54, 1.807) is 11.8 Å². The fourth-order valence-corrected chi connectivity index (χ4v) is 4.81. The molecule has 0 spiro atoms. The number of hydrogen-bond donors (Lipinski definition) is 3. The van der Waals surface area contributed by atoms with Crippen LogP contribution in [0.25, 0.3) is 0 Å². The maximum Gasteiger partial charge on any atom is 0.324 e. The Hall–Kier alpha value is -2.13. The van der Waals surface area contributed by atoms with Gasteiger partial charge in [-0.25, -0.2) is 13.6 Å². The summed E-state index contributed by atoms with van der Waals surface area (Å²) in [5, 5.41) is 5.17. The van der Waals surface area contributed by atoms with Crippen LogP contribution in [0.5, 0.6) is 0 Å². The molecular weight excluding hydrogens is 356 g/mol. The van der Waals surface area contributed by atoms with E-state index in [1.165, 1.54) is 11.3 Å². The number of anilines is 2. The number of nitrogens with two attached hydrogens (primary N) is 1.